The summed E-state index contributed by atoms with van der Waals surface area (Å²) in [6.45, 7) is 0.989. The lowest BCUT2D eigenvalue weighted by atomic mass is 10.0. The van der Waals surface area contributed by atoms with Crippen LogP contribution in [0.15, 0.2) is 103 Å². The summed E-state index contributed by atoms with van der Waals surface area (Å²) in [5, 5.41) is 0. The third-order valence-corrected chi connectivity index (χ3v) is 6.34. The molecule has 0 spiro atoms. The van der Waals surface area contributed by atoms with E-state index in [2.05, 4.69) is 0 Å². The van der Waals surface area contributed by atoms with Gasteiger partial charge >= 0.3 is 5.97 Å². The Hall–Kier alpha value is -4.84. The fourth-order valence-electron chi connectivity index (χ4n) is 4.19. The number of unbranched alkanes of at least 4 members (excludes halogenated alkanes) is 3. The maximum atomic E-state index is 12.3. The van der Waals surface area contributed by atoms with Gasteiger partial charge in [-0.15, -0.1) is 0 Å². The molecule has 0 saturated heterocycles. The first kappa shape index (κ1) is 28.2. The Morgan fingerprint density at radius 1 is 0.650 bits per heavy atom. The molecular weight excluding hydrogens is 500 g/mol. The Balaban J connectivity index is 1.13. The van der Waals surface area contributed by atoms with Gasteiger partial charge in [-0.05, 0) is 78.8 Å². The molecule has 204 valence electrons. The Bertz CT molecular complexity index is 1410. The minimum absolute atomic E-state index is 0.0118. The highest BCUT2D eigenvalue weighted by Crippen LogP contribution is 2.23. The fraction of sp³-hybridized carbons (Fsp3) is 0.176. The molecule has 6 heteroatoms. The molecule has 0 amide bonds. The smallest absolute Gasteiger partial charge is 0.338 e. The van der Waals surface area contributed by atoms with Crippen LogP contribution in [-0.4, -0.2) is 25.0 Å². The van der Waals surface area contributed by atoms with Gasteiger partial charge in [-0.2, -0.15) is 0 Å². The number of hydrogen-bond acceptors (Lipinski definition) is 6. The van der Waals surface area contributed by atoms with Crippen LogP contribution in [-0.2, 0) is 4.74 Å². The first-order valence-corrected chi connectivity index (χ1v) is 13.4. The number of nitrogens with two attached hydrogens (primary N) is 2. The van der Waals surface area contributed by atoms with Gasteiger partial charge in [0.1, 0.15) is 5.75 Å². The highest BCUT2D eigenvalue weighted by atomic mass is 16.5. The molecule has 6 nitrogen and oxygen atoms in total. The second kappa shape index (κ2) is 14.4. The Morgan fingerprint density at radius 3 is 1.90 bits per heavy atom. The summed E-state index contributed by atoms with van der Waals surface area (Å²) in [5.41, 5.74) is 16.5. The summed E-state index contributed by atoms with van der Waals surface area (Å²) in [6.07, 6.45) is 7.07. The number of ether oxygens (including phenoxy) is 2. The van der Waals surface area contributed by atoms with Crippen LogP contribution in [0, 0.1) is 0 Å². The number of carbonyl (C=O) groups excluding carboxylic acids is 2. The molecule has 0 aliphatic carbocycles. The second-order valence-corrected chi connectivity index (χ2v) is 9.50. The van der Waals surface area contributed by atoms with Gasteiger partial charge in [0.25, 0.3) is 0 Å². The molecule has 0 fully saturated rings. The van der Waals surface area contributed by atoms with Crippen LogP contribution in [0.25, 0.3) is 17.2 Å². The predicted octanol–water partition coefficient (Wildman–Crippen LogP) is 7.21. The molecule has 0 unspecified atom stereocenters. The van der Waals surface area contributed by atoms with Crippen LogP contribution >= 0.6 is 0 Å². The topological polar surface area (TPSA) is 105 Å². The minimum Gasteiger partial charge on any atom is -0.494 e. The van der Waals surface area contributed by atoms with E-state index in [0.717, 1.165) is 48.1 Å². The number of benzene rings is 4. The lowest BCUT2D eigenvalue weighted by Crippen LogP contribution is -2.08. The van der Waals surface area contributed by atoms with Gasteiger partial charge in [0, 0.05) is 16.9 Å². The lowest BCUT2D eigenvalue weighted by Gasteiger charge is -2.08. The van der Waals surface area contributed by atoms with Crippen molar-refractivity contribution >= 4 is 29.2 Å². The van der Waals surface area contributed by atoms with E-state index in [1.807, 2.05) is 84.9 Å². The van der Waals surface area contributed by atoms with Gasteiger partial charge in [-0.25, -0.2) is 4.79 Å². The molecule has 4 N–H and O–H groups in total. The van der Waals surface area contributed by atoms with Gasteiger partial charge in [0.15, 0.2) is 5.78 Å². The van der Waals surface area contributed by atoms with Gasteiger partial charge < -0.3 is 20.9 Å². The summed E-state index contributed by atoms with van der Waals surface area (Å²) in [5.74, 6) is 0.411. The van der Waals surface area contributed by atoms with Gasteiger partial charge in [0.05, 0.1) is 18.8 Å². The van der Waals surface area contributed by atoms with Crippen LogP contribution < -0.4 is 16.2 Å². The average molecular weight is 535 g/mol. The molecular formula is C34H34N2O4. The van der Waals surface area contributed by atoms with Gasteiger partial charge in [-0.3, -0.25) is 4.79 Å². The van der Waals surface area contributed by atoms with Crippen molar-refractivity contribution in [1.82, 2.24) is 0 Å². The lowest BCUT2D eigenvalue weighted by molar-refractivity contribution is 0.0497. The molecule has 4 aromatic carbocycles. The SMILES string of the molecule is Nc1cc(N)cc(C(=O)OCCCCCCOc2ccc(-c3ccc(C=CC(=O)c4ccccc4)cc3)cc2)c1. The molecule has 0 heterocycles. The molecule has 4 rings (SSSR count). The van der Waals surface area contributed by atoms with Crippen molar-refractivity contribution in [2.75, 3.05) is 24.7 Å². The maximum Gasteiger partial charge on any atom is 0.338 e. The van der Waals surface area contributed by atoms with Crippen LogP contribution in [0.2, 0.25) is 0 Å². The van der Waals surface area contributed by atoms with E-state index in [1.54, 1.807) is 24.3 Å². The molecule has 4 aromatic rings. The van der Waals surface area contributed by atoms with Crippen molar-refractivity contribution in [3.8, 4) is 16.9 Å². The van der Waals surface area contributed by atoms with Crippen molar-refractivity contribution in [1.29, 1.82) is 0 Å². The molecule has 0 atom stereocenters. The number of allylic oxidation sites excluding steroid dienone is 1. The van der Waals surface area contributed by atoms with Crippen LogP contribution in [0.5, 0.6) is 5.75 Å². The third-order valence-electron chi connectivity index (χ3n) is 6.34. The zero-order valence-corrected chi connectivity index (χ0v) is 22.4. The average Bonchev–Trinajstić information content (AvgIpc) is 2.97. The highest BCUT2D eigenvalue weighted by Gasteiger charge is 2.08. The Morgan fingerprint density at radius 2 is 1.25 bits per heavy atom. The highest BCUT2D eigenvalue weighted by molar-refractivity contribution is 6.06. The first-order valence-electron chi connectivity index (χ1n) is 13.4. The summed E-state index contributed by atoms with van der Waals surface area (Å²) >= 11 is 0. The third kappa shape index (κ3) is 8.60. The molecule has 0 aliphatic heterocycles. The molecule has 0 aromatic heterocycles. The van der Waals surface area contributed by atoms with Gasteiger partial charge in [0.2, 0.25) is 0 Å². The standard InChI is InChI=1S/C34H34N2O4/c35-30-22-29(23-31(36)24-30)34(38)40-21-7-2-1-6-20-39-32-17-15-27(16-18-32)26-13-10-25(11-14-26)12-19-33(37)28-8-4-3-5-9-28/h3-5,8-19,22-24H,1-2,6-7,20-21,35-36H2. The molecule has 0 bridgehead atoms. The minimum atomic E-state index is -0.408. The van der Waals surface area contributed by atoms with E-state index in [-0.39, 0.29) is 5.78 Å². The van der Waals surface area contributed by atoms with E-state index in [1.165, 1.54) is 0 Å². The number of carbonyl (C=O) groups is 2. The second-order valence-electron chi connectivity index (χ2n) is 9.50. The summed E-state index contributed by atoms with van der Waals surface area (Å²) in [7, 11) is 0. The van der Waals surface area contributed by atoms with Crippen molar-refractivity contribution in [2.45, 2.75) is 25.7 Å². The van der Waals surface area contributed by atoms with Crippen molar-refractivity contribution in [3.05, 3.63) is 120 Å². The number of anilines is 2. The zero-order valence-electron chi connectivity index (χ0n) is 22.4. The monoisotopic (exact) mass is 534 g/mol. The Labute approximate surface area is 235 Å². The molecule has 0 saturated carbocycles. The van der Waals surface area contributed by atoms with E-state index >= 15 is 0 Å². The number of nitrogen functional groups attached to an aromatic ring is 2. The van der Waals surface area contributed by atoms with E-state index < -0.39 is 5.97 Å². The largest absolute Gasteiger partial charge is 0.494 e. The zero-order chi connectivity index (χ0) is 28.2. The van der Waals surface area contributed by atoms with Crippen molar-refractivity contribution in [2.24, 2.45) is 0 Å². The van der Waals surface area contributed by atoms with Crippen LogP contribution in [0.3, 0.4) is 0 Å². The maximum absolute atomic E-state index is 12.3. The van der Waals surface area contributed by atoms with Crippen molar-refractivity contribution < 1.29 is 19.1 Å². The van der Waals surface area contributed by atoms with E-state index in [9.17, 15) is 9.59 Å². The van der Waals surface area contributed by atoms with Crippen LogP contribution in [0.1, 0.15) is 52.0 Å². The Kier molecular flexibility index (Phi) is 10.1. The van der Waals surface area contributed by atoms with Gasteiger partial charge in [-0.1, -0.05) is 72.8 Å². The normalized spacial score (nSPS) is 10.9. The van der Waals surface area contributed by atoms with E-state index in [4.69, 9.17) is 20.9 Å². The number of hydrogen-bond donors (Lipinski definition) is 2. The fourth-order valence-corrected chi connectivity index (χ4v) is 4.19. The van der Waals surface area contributed by atoms with Crippen molar-refractivity contribution in [3.63, 3.8) is 0 Å². The predicted molar refractivity (Wildman–Crippen MR) is 161 cm³/mol. The number of ketones is 1. The summed E-state index contributed by atoms with van der Waals surface area (Å²) in [4.78, 5) is 24.4. The number of esters is 1. The summed E-state index contributed by atoms with van der Waals surface area (Å²) in [6, 6.07) is 30.1. The quantitative estimate of drug-likeness (QED) is 0.0617. The van der Waals surface area contributed by atoms with Crippen LogP contribution in [0.4, 0.5) is 11.4 Å². The molecule has 40 heavy (non-hydrogen) atoms. The number of rotatable bonds is 13. The first-order chi connectivity index (χ1) is 19.5. The molecule has 0 aliphatic rings. The molecule has 0 radical (unpaired) electrons. The summed E-state index contributed by atoms with van der Waals surface area (Å²) < 4.78 is 11.2. The van der Waals surface area contributed by atoms with E-state index in [0.29, 0.717) is 35.7 Å².